The monoisotopic (exact) mass is 380 g/mol. The van der Waals surface area contributed by atoms with E-state index in [-0.39, 0.29) is 11.8 Å². The molecule has 1 fully saturated rings. The van der Waals surface area contributed by atoms with E-state index >= 15 is 0 Å². The van der Waals surface area contributed by atoms with Crippen molar-refractivity contribution < 1.29 is 9.21 Å². The van der Waals surface area contributed by atoms with Crippen LogP contribution in [0.4, 0.5) is 0 Å². The number of aromatic nitrogens is 4. The summed E-state index contributed by atoms with van der Waals surface area (Å²) in [6.07, 6.45) is 7.68. The predicted octanol–water partition coefficient (Wildman–Crippen LogP) is 2.03. The number of hydrogen-bond acceptors (Lipinski definition) is 6. The van der Waals surface area contributed by atoms with Gasteiger partial charge in [-0.05, 0) is 43.7 Å². The highest BCUT2D eigenvalue weighted by molar-refractivity contribution is 5.78. The molecular formula is C20H24N6O2. The molecular weight excluding hydrogens is 356 g/mol. The Labute approximate surface area is 163 Å². The molecule has 4 heterocycles. The van der Waals surface area contributed by atoms with Crippen LogP contribution in [0.5, 0.6) is 0 Å². The van der Waals surface area contributed by atoms with E-state index in [1.54, 1.807) is 18.7 Å². The number of aromatic amines is 1. The van der Waals surface area contributed by atoms with E-state index in [1.807, 2.05) is 24.3 Å². The van der Waals surface area contributed by atoms with Crippen LogP contribution in [0.3, 0.4) is 0 Å². The molecule has 146 valence electrons. The van der Waals surface area contributed by atoms with E-state index in [2.05, 4.69) is 30.4 Å². The summed E-state index contributed by atoms with van der Waals surface area (Å²) in [7, 11) is 0. The van der Waals surface area contributed by atoms with Gasteiger partial charge in [0.25, 0.3) is 0 Å². The van der Waals surface area contributed by atoms with Gasteiger partial charge in [-0.25, -0.2) is 4.98 Å². The maximum atomic E-state index is 12.5. The van der Waals surface area contributed by atoms with Crippen LogP contribution in [0, 0.1) is 5.92 Å². The van der Waals surface area contributed by atoms with Gasteiger partial charge in [0, 0.05) is 37.5 Å². The molecule has 1 aliphatic rings. The standard InChI is InChI=1S/C20H24N6O2/c27-20(16-3-1-11-26(13-16)14-17-4-2-12-28-17)22-10-7-18-23-19(25-24-18)15-5-8-21-9-6-15/h2,4-6,8-9,12,16H,1,3,7,10-11,13-14H2,(H,22,27)(H,23,24,25)/t16-/m1/s1. The molecule has 1 saturated heterocycles. The zero-order valence-electron chi connectivity index (χ0n) is 15.7. The minimum atomic E-state index is 0.0193. The van der Waals surface area contributed by atoms with Crippen LogP contribution in [-0.4, -0.2) is 50.6 Å². The van der Waals surface area contributed by atoms with Gasteiger partial charge >= 0.3 is 0 Å². The first-order valence-electron chi connectivity index (χ1n) is 9.62. The van der Waals surface area contributed by atoms with Crippen molar-refractivity contribution in [1.82, 2.24) is 30.4 Å². The number of hydrogen-bond donors (Lipinski definition) is 2. The SMILES string of the molecule is O=C(NCCc1nc(-c2ccncc2)n[nH]1)[C@@H]1CCCN(Cc2ccco2)C1. The highest BCUT2D eigenvalue weighted by atomic mass is 16.3. The first-order chi connectivity index (χ1) is 13.8. The molecule has 0 aromatic carbocycles. The summed E-state index contributed by atoms with van der Waals surface area (Å²) in [5, 5.41) is 10.2. The first kappa shape index (κ1) is 18.4. The number of pyridine rings is 1. The molecule has 8 heteroatoms. The molecule has 1 atom stereocenters. The van der Waals surface area contributed by atoms with Gasteiger partial charge in [0.15, 0.2) is 5.82 Å². The van der Waals surface area contributed by atoms with Gasteiger partial charge in [-0.1, -0.05) is 0 Å². The fourth-order valence-corrected chi connectivity index (χ4v) is 3.52. The lowest BCUT2D eigenvalue weighted by molar-refractivity contribution is -0.126. The topological polar surface area (TPSA) is 99.9 Å². The summed E-state index contributed by atoms with van der Waals surface area (Å²) in [5.41, 5.74) is 0.917. The van der Waals surface area contributed by atoms with Crippen LogP contribution < -0.4 is 5.32 Å². The van der Waals surface area contributed by atoms with Crippen LogP contribution >= 0.6 is 0 Å². The molecule has 0 spiro atoms. The largest absolute Gasteiger partial charge is 0.468 e. The molecule has 0 radical (unpaired) electrons. The van der Waals surface area contributed by atoms with E-state index < -0.39 is 0 Å². The van der Waals surface area contributed by atoms with Crippen molar-refractivity contribution in [2.45, 2.75) is 25.8 Å². The zero-order valence-corrected chi connectivity index (χ0v) is 15.7. The van der Waals surface area contributed by atoms with Gasteiger partial charge in [-0.2, -0.15) is 5.10 Å². The molecule has 1 aliphatic heterocycles. The van der Waals surface area contributed by atoms with Gasteiger partial charge in [0.2, 0.25) is 5.91 Å². The van der Waals surface area contributed by atoms with Crippen LogP contribution in [0.1, 0.15) is 24.4 Å². The van der Waals surface area contributed by atoms with Crippen LogP contribution in [0.15, 0.2) is 47.3 Å². The molecule has 0 saturated carbocycles. The summed E-state index contributed by atoms with van der Waals surface area (Å²) in [6.45, 7) is 3.06. The highest BCUT2D eigenvalue weighted by Gasteiger charge is 2.26. The second-order valence-electron chi connectivity index (χ2n) is 7.04. The Morgan fingerprint density at radius 3 is 3.04 bits per heavy atom. The summed E-state index contributed by atoms with van der Waals surface area (Å²) in [5.74, 6) is 2.47. The molecule has 2 N–H and O–H groups in total. The number of nitrogens with zero attached hydrogens (tertiary/aromatic N) is 4. The molecule has 8 nitrogen and oxygen atoms in total. The van der Waals surface area contributed by atoms with E-state index in [0.29, 0.717) is 18.8 Å². The summed E-state index contributed by atoms with van der Waals surface area (Å²) in [4.78, 5) is 23.3. The lowest BCUT2D eigenvalue weighted by atomic mass is 9.97. The van der Waals surface area contributed by atoms with Crippen LogP contribution in [0.25, 0.3) is 11.4 Å². The number of rotatable bonds is 7. The molecule has 0 unspecified atom stereocenters. The van der Waals surface area contributed by atoms with Crippen molar-refractivity contribution >= 4 is 5.91 Å². The number of carbonyl (C=O) groups is 1. The van der Waals surface area contributed by atoms with Gasteiger partial charge in [-0.3, -0.25) is 19.8 Å². The fraction of sp³-hybridized carbons (Fsp3) is 0.400. The Morgan fingerprint density at radius 2 is 2.21 bits per heavy atom. The third-order valence-corrected chi connectivity index (χ3v) is 4.97. The average Bonchev–Trinajstić information content (AvgIpc) is 3.41. The first-order valence-corrected chi connectivity index (χ1v) is 9.62. The summed E-state index contributed by atoms with van der Waals surface area (Å²) < 4.78 is 5.42. The Morgan fingerprint density at radius 1 is 1.32 bits per heavy atom. The van der Waals surface area contributed by atoms with Crippen molar-refractivity contribution in [3.05, 3.63) is 54.5 Å². The summed E-state index contributed by atoms with van der Waals surface area (Å²) in [6, 6.07) is 7.60. The molecule has 4 rings (SSSR count). The number of nitrogens with one attached hydrogen (secondary N) is 2. The fourth-order valence-electron chi connectivity index (χ4n) is 3.52. The molecule has 0 bridgehead atoms. The highest BCUT2D eigenvalue weighted by Crippen LogP contribution is 2.19. The summed E-state index contributed by atoms with van der Waals surface area (Å²) >= 11 is 0. The van der Waals surface area contributed by atoms with Crippen molar-refractivity contribution in [2.24, 2.45) is 5.92 Å². The van der Waals surface area contributed by atoms with Gasteiger partial charge in [0.05, 0.1) is 18.7 Å². The Kier molecular flexibility index (Phi) is 5.77. The lowest BCUT2D eigenvalue weighted by Crippen LogP contribution is -2.43. The number of amides is 1. The second kappa shape index (κ2) is 8.79. The van der Waals surface area contributed by atoms with Gasteiger partial charge < -0.3 is 9.73 Å². The van der Waals surface area contributed by atoms with Crippen molar-refractivity contribution in [3.8, 4) is 11.4 Å². The number of piperidine rings is 1. The smallest absolute Gasteiger partial charge is 0.224 e. The normalized spacial score (nSPS) is 17.5. The Hall–Kier alpha value is -3.00. The number of carbonyl (C=O) groups excluding carboxylic acids is 1. The third-order valence-electron chi connectivity index (χ3n) is 4.97. The van der Waals surface area contributed by atoms with Crippen LogP contribution in [-0.2, 0) is 17.8 Å². The maximum Gasteiger partial charge on any atom is 0.224 e. The van der Waals surface area contributed by atoms with E-state index in [0.717, 1.165) is 49.6 Å². The molecule has 3 aromatic heterocycles. The number of likely N-dealkylation sites (tertiary alicyclic amines) is 1. The second-order valence-corrected chi connectivity index (χ2v) is 7.04. The minimum Gasteiger partial charge on any atom is -0.468 e. The van der Waals surface area contributed by atoms with Crippen molar-refractivity contribution in [1.29, 1.82) is 0 Å². The van der Waals surface area contributed by atoms with Crippen molar-refractivity contribution in [2.75, 3.05) is 19.6 Å². The van der Waals surface area contributed by atoms with Crippen molar-refractivity contribution in [3.63, 3.8) is 0 Å². The van der Waals surface area contributed by atoms with E-state index in [4.69, 9.17) is 4.42 Å². The number of H-pyrrole nitrogens is 1. The van der Waals surface area contributed by atoms with E-state index in [9.17, 15) is 4.79 Å². The number of furan rings is 1. The van der Waals surface area contributed by atoms with Gasteiger partial charge in [0.1, 0.15) is 11.6 Å². The quantitative estimate of drug-likeness (QED) is 0.651. The molecule has 1 amide bonds. The molecule has 28 heavy (non-hydrogen) atoms. The van der Waals surface area contributed by atoms with Crippen LogP contribution in [0.2, 0.25) is 0 Å². The van der Waals surface area contributed by atoms with E-state index in [1.165, 1.54) is 0 Å². The maximum absolute atomic E-state index is 12.5. The minimum absolute atomic E-state index is 0.0193. The average molecular weight is 380 g/mol. The predicted molar refractivity (Wildman–Crippen MR) is 103 cm³/mol. The Balaban J connectivity index is 1.24. The van der Waals surface area contributed by atoms with Gasteiger partial charge in [-0.15, -0.1) is 0 Å². The lowest BCUT2D eigenvalue weighted by Gasteiger charge is -2.31. The Bertz CT molecular complexity index is 877. The molecule has 3 aromatic rings. The third kappa shape index (κ3) is 4.64. The molecule has 0 aliphatic carbocycles. The zero-order chi connectivity index (χ0) is 19.2.